The van der Waals surface area contributed by atoms with Crippen LogP contribution in [-0.4, -0.2) is 12.5 Å². The lowest BCUT2D eigenvalue weighted by Gasteiger charge is -2.03. The quantitative estimate of drug-likeness (QED) is 0.852. The summed E-state index contributed by atoms with van der Waals surface area (Å²) in [7, 11) is 0. The lowest BCUT2D eigenvalue weighted by Crippen LogP contribution is -2.24. The summed E-state index contributed by atoms with van der Waals surface area (Å²) in [5.41, 5.74) is 0.502. The van der Waals surface area contributed by atoms with Crippen molar-refractivity contribution in [1.82, 2.24) is 5.32 Å². The summed E-state index contributed by atoms with van der Waals surface area (Å²) in [6, 6.07) is 6.03. The second-order valence-electron chi connectivity index (χ2n) is 2.85. The molecule has 1 amide bonds. The molecule has 0 atom stereocenters. The molecule has 1 aromatic rings. The minimum Gasteiger partial charge on any atom is -0.343 e. The average Bonchev–Trinajstić information content (AvgIpc) is 2.23. The van der Waals surface area contributed by atoms with Crippen molar-refractivity contribution in [2.75, 3.05) is 6.54 Å². The zero-order chi connectivity index (χ0) is 11.3. The number of carbonyl (C=O) groups excluding carboxylic acids is 1. The zero-order valence-electron chi connectivity index (χ0n) is 7.76. The molecule has 0 bridgehead atoms. The molecule has 0 fully saturated rings. The monoisotopic (exact) mass is 270 g/mol. The lowest BCUT2D eigenvalue weighted by atomic mass is 10.1. The molecule has 0 aliphatic carbocycles. The zero-order valence-corrected chi connectivity index (χ0v) is 9.34. The first-order valence-electron chi connectivity index (χ1n) is 4.25. The van der Waals surface area contributed by atoms with E-state index in [9.17, 15) is 9.18 Å². The van der Waals surface area contributed by atoms with Gasteiger partial charge in [-0.2, -0.15) is 5.26 Å². The highest BCUT2D eigenvalue weighted by Gasteiger charge is 2.03. The molecule has 3 nitrogen and oxygen atoms in total. The van der Waals surface area contributed by atoms with Crippen LogP contribution in [0.3, 0.4) is 0 Å². The first-order valence-corrected chi connectivity index (χ1v) is 5.04. The van der Waals surface area contributed by atoms with E-state index in [4.69, 9.17) is 5.26 Å². The van der Waals surface area contributed by atoms with Crippen LogP contribution in [0.1, 0.15) is 5.56 Å². The highest BCUT2D eigenvalue weighted by Crippen LogP contribution is 2.15. The summed E-state index contributed by atoms with van der Waals surface area (Å²) in [5, 5.41) is 10.5. The summed E-state index contributed by atoms with van der Waals surface area (Å²) in [5.74, 6) is -1.02. The van der Waals surface area contributed by atoms with Crippen molar-refractivity contribution < 1.29 is 9.18 Å². The number of hydrogen-bond donors (Lipinski definition) is 1. The van der Waals surface area contributed by atoms with Crippen LogP contribution in [0.5, 0.6) is 0 Å². The van der Waals surface area contributed by atoms with Gasteiger partial charge < -0.3 is 5.32 Å². The van der Waals surface area contributed by atoms with Gasteiger partial charge in [-0.1, -0.05) is 15.9 Å². The molecule has 1 aromatic carbocycles. The smallest absolute Gasteiger partial charge is 0.322 e. The molecule has 0 unspecified atom stereocenters. The first-order chi connectivity index (χ1) is 7.13. The van der Waals surface area contributed by atoms with Crippen LogP contribution in [-0.2, 0) is 11.2 Å². The Kier molecular flexibility index (Phi) is 4.25. The Morgan fingerprint density at radius 1 is 1.60 bits per heavy atom. The van der Waals surface area contributed by atoms with E-state index in [2.05, 4.69) is 21.2 Å². The predicted octanol–water partition coefficient (Wildman–Crippen LogP) is 1.77. The van der Waals surface area contributed by atoms with Gasteiger partial charge in [0.15, 0.2) is 6.07 Å². The maximum atomic E-state index is 13.2. The molecule has 0 spiro atoms. The number of rotatable bonds is 3. The van der Waals surface area contributed by atoms with Gasteiger partial charge in [-0.25, -0.2) is 4.39 Å². The molecule has 5 heteroatoms. The van der Waals surface area contributed by atoms with E-state index in [0.29, 0.717) is 12.0 Å². The maximum absolute atomic E-state index is 13.2. The van der Waals surface area contributed by atoms with Gasteiger partial charge in [0.2, 0.25) is 0 Å². The van der Waals surface area contributed by atoms with Crippen molar-refractivity contribution in [3.63, 3.8) is 0 Å². The van der Waals surface area contributed by atoms with Crippen LogP contribution in [0.25, 0.3) is 0 Å². The van der Waals surface area contributed by atoms with Crippen molar-refractivity contribution in [2.45, 2.75) is 6.42 Å². The van der Waals surface area contributed by atoms with Crippen LogP contribution in [0.4, 0.5) is 4.39 Å². The molecule has 1 N–H and O–H groups in total. The van der Waals surface area contributed by atoms with Gasteiger partial charge >= 0.3 is 5.91 Å². The molecule has 0 radical (unpaired) electrons. The molecule has 78 valence electrons. The van der Waals surface area contributed by atoms with Crippen molar-refractivity contribution in [3.8, 4) is 6.07 Å². The van der Waals surface area contributed by atoms with Crippen LogP contribution < -0.4 is 5.32 Å². The average molecular weight is 271 g/mol. The lowest BCUT2D eigenvalue weighted by molar-refractivity contribution is -0.115. The van der Waals surface area contributed by atoms with Gasteiger partial charge in [-0.3, -0.25) is 4.79 Å². The molecular formula is C10H8BrFN2O. The minimum atomic E-state index is -0.703. The third-order valence-electron chi connectivity index (χ3n) is 1.79. The predicted molar refractivity (Wildman–Crippen MR) is 56.4 cm³/mol. The Balaban J connectivity index is 2.54. The van der Waals surface area contributed by atoms with Crippen molar-refractivity contribution in [2.24, 2.45) is 0 Å². The third kappa shape index (κ3) is 3.68. The van der Waals surface area contributed by atoms with Crippen LogP contribution >= 0.6 is 15.9 Å². The fraction of sp³-hybridized carbons (Fsp3) is 0.200. The number of nitrogens with zero attached hydrogens (tertiary/aromatic N) is 1. The van der Waals surface area contributed by atoms with E-state index < -0.39 is 5.91 Å². The second kappa shape index (κ2) is 5.47. The Morgan fingerprint density at radius 3 is 3.00 bits per heavy atom. The summed E-state index contributed by atoms with van der Waals surface area (Å²) in [6.07, 6.45) is 0.360. The standard InChI is InChI=1S/C10H8BrFN2O/c11-8-1-2-9(12)7(5-8)3-4-14-10(15)6-13/h1-2,5H,3-4H2,(H,14,15). The van der Waals surface area contributed by atoms with Gasteiger partial charge in [0.1, 0.15) is 5.82 Å². The fourth-order valence-electron chi connectivity index (χ4n) is 1.09. The number of nitrogens with one attached hydrogen (secondary N) is 1. The van der Waals surface area contributed by atoms with Gasteiger partial charge in [0.05, 0.1) is 0 Å². The van der Waals surface area contributed by atoms with E-state index >= 15 is 0 Å². The number of nitriles is 1. The number of carbonyl (C=O) groups is 1. The largest absolute Gasteiger partial charge is 0.343 e. The molecule has 15 heavy (non-hydrogen) atoms. The molecule has 1 rings (SSSR count). The maximum Gasteiger partial charge on any atom is 0.322 e. The highest BCUT2D eigenvalue weighted by atomic mass is 79.9. The summed E-state index contributed by atoms with van der Waals surface area (Å²) in [6.45, 7) is 0.250. The van der Waals surface area contributed by atoms with Gasteiger partial charge in [-0.15, -0.1) is 0 Å². The second-order valence-corrected chi connectivity index (χ2v) is 3.77. The number of amides is 1. The summed E-state index contributed by atoms with van der Waals surface area (Å²) >= 11 is 3.22. The summed E-state index contributed by atoms with van der Waals surface area (Å²) in [4.78, 5) is 10.6. The first kappa shape index (κ1) is 11.7. The molecule has 0 heterocycles. The fourth-order valence-corrected chi connectivity index (χ4v) is 1.49. The number of halogens is 2. The topological polar surface area (TPSA) is 52.9 Å². The van der Waals surface area contributed by atoms with Crippen LogP contribution in [0.15, 0.2) is 22.7 Å². The Hall–Kier alpha value is -1.41. The van der Waals surface area contributed by atoms with Gasteiger partial charge in [0.25, 0.3) is 0 Å². The molecular weight excluding hydrogens is 263 g/mol. The molecule has 0 saturated carbocycles. The minimum absolute atomic E-state index is 0.250. The normalized spacial score (nSPS) is 9.40. The van der Waals surface area contributed by atoms with Crippen molar-refractivity contribution in [3.05, 3.63) is 34.1 Å². The summed E-state index contributed by atoms with van der Waals surface area (Å²) < 4.78 is 14.0. The molecule has 0 aliphatic rings. The third-order valence-corrected chi connectivity index (χ3v) is 2.28. The van der Waals surface area contributed by atoms with E-state index in [1.165, 1.54) is 12.1 Å². The van der Waals surface area contributed by atoms with Gasteiger partial charge in [0, 0.05) is 11.0 Å². The Labute approximate surface area is 95.0 Å². The Morgan fingerprint density at radius 2 is 2.33 bits per heavy atom. The molecule has 0 aromatic heterocycles. The van der Waals surface area contributed by atoms with E-state index in [1.807, 2.05) is 0 Å². The SMILES string of the molecule is N#CC(=O)NCCc1cc(Br)ccc1F. The molecule has 0 saturated heterocycles. The van der Waals surface area contributed by atoms with Crippen molar-refractivity contribution in [1.29, 1.82) is 5.26 Å². The van der Waals surface area contributed by atoms with E-state index in [0.717, 1.165) is 4.47 Å². The van der Waals surface area contributed by atoms with Crippen LogP contribution in [0.2, 0.25) is 0 Å². The highest BCUT2D eigenvalue weighted by molar-refractivity contribution is 9.10. The van der Waals surface area contributed by atoms with Gasteiger partial charge in [-0.05, 0) is 30.2 Å². The van der Waals surface area contributed by atoms with E-state index in [-0.39, 0.29) is 12.4 Å². The molecule has 0 aliphatic heterocycles. The number of benzene rings is 1. The van der Waals surface area contributed by atoms with Crippen molar-refractivity contribution >= 4 is 21.8 Å². The van der Waals surface area contributed by atoms with Crippen LogP contribution in [0, 0.1) is 17.1 Å². The Bertz CT molecular complexity index is 414. The number of hydrogen-bond acceptors (Lipinski definition) is 2. The van der Waals surface area contributed by atoms with E-state index in [1.54, 1.807) is 12.1 Å².